The van der Waals surface area contributed by atoms with Crippen LogP contribution in [0.25, 0.3) is 33.0 Å². The van der Waals surface area contributed by atoms with Crippen molar-refractivity contribution in [2.24, 2.45) is 0 Å². The van der Waals surface area contributed by atoms with Gasteiger partial charge in [-0.1, -0.05) is 66.7 Å². The van der Waals surface area contributed by atoms with E-state index in [1.165, 1.54) is 44.2 Å². The third-order valence-electron chi connectivity index (χ3n) is 5.06. The van der Waals surface area contributed by atoms with Gasteiger partial charge in [-0.05, 0) is 70.1 Å². The second-order valence-corrected chi connectivity index (χ2v) is 6.71. The average molecular weight is 338 g/mol. The van der Waals surface area contributed by atoms with E-state index in [2.05, 4.69) is 86.6 Å². The molecular formula is C25H22O. The fourth-order valence-electron chi connectivity index (χ4n) is 3.73. The van der Waals surface area contributed by atoms with E-state index >= 15 is 0 Å². The van der Waals surface area contributed by atoms with Crippen molar-refractivity contribution in [3.8, 4) is 28.0 Å². The summed E-state index contributed by atoms with van der Waals surface area (Å²) in [5.41, 5.74) is 7.60. The molecule has 0 aliphatic carbocycles. The second kappa shape index (κ2) is 6.68. The molecule has 0 aliphatic heterocycles. The van der Waals surface area contributed by atoms with Crippen LogP contribution >= 0.6 is 0 Å². The number of ether oxygens (including phenoxy) is 1. The highest BCUT2D eigenvalue weighted by Gasteiger charge is 2.13. The number of methoxy groups -OCH3 is 1. The van der Waals surface area contributed by atoms with Crippen LogP contribution < -0.4 is 4.74 Å². The molecule has 0 bridgehead atoms. The summed E-state index contributed by atoms with van der Waals surface area (Å²) < 4.78 is 5.38. The average Bonchev–Trinajstić information content (AvgIpc) is 2.67. The normalized spacial score (nSPS) is 10.9. The molecule has 1 nitrogen and oxygen atoms in total. The van der Waals surface area contributed by atoms with Crippen LogP contribution in [0, 0.1) is 13.8 Å². The molecule has 0 atom stereocenters. The maximum absolute atomic E-state index is 5.38. The van der Waals surface area contributed by atoms with Gasteiger partial charge in [0.1, 0.15) is 5.75 Å². The molecule has 128 valence electrons. The molecule has 4 aromatic carbocycles. The number of benzene rings is 4. The highest BCUT2D eigenvalue weighted by Crippen LogP contribution is 2.39. The zero-order chi connectivity index (χ0) is 18.1. The minimum Gasteiger partial charge on any atom is -0.497 e. The number of aryl methyl sites for hydroxylation is 2. The molecule has 0 spiro atoms. The Balaban J connectivity index is 2.04. The summed E-state index contributed by atoms with van der Waals surface area (Å²) in [6.45, 7) is 4.32. The molecule has 4 aromatic rings. The molecule has 26 heavy (non-hydrogen) atoms. The summed E-state index contributed by atoms with van der Waals surface area (Å²) in [7, 11) is 1.71. The molecule has 4 rings (SSSR count). The highest BCUT2D eigenvalue weighted by molar-refractivity contribution is 6.07. The van der Waals surface area contributed by atoms with E-state index < -0.39 is 0 Å². The first-order valence-corrected chi connectivity index (χ1v) is 8.92. The Morgan fingerprint density at radius 2 is 1.19 bits per heavy atom. The molecular weight excluding hydrogens is 316 g/mol. The van der Waals surface area contributed by atoms with E-state index in [1.807, 2.05) is 6.07 Å². The van der Waals surface area contributed by atoms with E-state index in [0.717, 1.165) is 5.75 Å². The zero-order valence-electron chi connectivity index (χ0n) is 15.4. The van der Waals surface area contributed by atoms with Crippen LogP contribution in [0.2, 0.25) is 0 Å². The first kappa shape index (κ1) is 16.4. The van der Waals surface area contributed by atoms with E-state index in [0.29, 0.717) is 0 Å². The van der Waals surface area contributed by atoms with Crippen LogP contribution in [-0.4, -0.2) is 7.11 Å². The Hall–Kier alpha value is -3.06. The molecule has 0 fully saturated rings. The summed E-state index contributed by atoms with van der Waals surface area (Å²) in [5.74, 6) is 0.894. The molecule has 1 heteroatoms. The lowest BCUT2D eigenvalue weighted by molar-refractivity contribution is 0.414. The third kappa shape index (κ3) is 2.76. The van der Waals surface area contributed by atoms with Crippen molar-refractivity contribution in [1.29, 1.82) is 0 Å². The van der Waals surface area contributed by atoms with Gasteiger partial charge in [-0.25, -0.2) is 0 Å². The summed E-state index contributed by atoms with van der Waals surface area (Å²) in [6, 6.07) is 28.0. The summed E-state index contributed by atoms with van der Waals surface area (Å²) in [4.78, 5) is 0. The predicted octanol–water partition coefficient (Wildman–Crippen LogP) is 6.80. The van der Waals surface area contributed by atoms with Crippen molar-refractivity contribution in [1.82, 2.24) is 0 Å². The van der Waals surface area contributed by atoms with Crippen LogP contribution in [0.5, 0.6) is 5.75 Å². The zero-order valence-corrected chi connectivity index (χ0v) is 15.4. The minimum atomic E-state index is 0.894. The Morgan fingerprint density at radius 3 is 1.81 bits per heavy atom. The highest BCUT2D eigenvalue weighted by atomic mass is 16.5. The van der Waals surface area contributed by atoms with Crippen molar-refractivity contribution in [2.75, 3.05) is 7.11 Å². The lowest BCUT2D eigenvalue weighted by atomic mass is 9.89. The Labute approximate surface area is 154 Å². The van der Waals surface area contributed by atoms with Crippen LogP contribution in [0.1, 0.15) is 11.1 Å². The second-order valence-electron chi connectivity index (χ2n) is 6.71. The van der Waals surface area contributed by atoms with Gasteiger partial charge in [0.25, 0.3) is 0 Å². The monoisotopic (exact) mass is 338 g/mol. The van der Waals surface area contributed by atoms with Gasteiger partial charge in [-0.2, -0.15) is 0 Å². The van der Waals surface area contributed by atoms with E-state index in [-0.39, 0.29) is 0 Å². The van der Waals surface area contributed by atoms with Gasteiger partial charge in [0, 0.05) is 0 Å². The van der Waals surface area contributed by atoms with Gasteiger partial charge in [0.05, 0.1) is 7.11 Å². The van der Waals surface area contributed by atoms with Gasteiger partial charge in [0.2, 0.25) is 0 Å². The van der Waals surface area contributed by atoms with Gasteiger partial charge >= 0.3 is 0 Å². The molecule has 0 saturated carbocycles. The first-order valence-electron chi connectivity index (χ1n) is 8.92. The smallest absolute Gasteiger partial charge is 0.119 e. The number of hydrogen-bond donors (Lipinski definition) is 0. The Kier molecular flexibility index (Phi) is 4.22. The maximum atomic E-state index is 5.38. The lowest BCUT2D eigenvalue weighted by Gasteiger charge is -2.16. The van der Waals surface area contributed by atoms with Gasteiger partial charge < -0.3 is 4.74 Å². The molecule has 0 heterocycles. The van der Waals surface area contributed by atoms with E-state index in [1.54, 1.807) is 7.11 Å². The van der Waals surface area contributed by atoms with Crippen molar-refractivity contribution >= 4 is 10.8 Å². The largest absolute Gasteiger partial charge is 0.497 e. The van der Waals surface area contributed by atoms with Crippen LogP contribution in [0.3, 0.4) is 0 Å². The first-order chi connectivity index (χ1) is 12.7. The standard InChI is InChI=1S/C25H22O/c1-17-8-4-5-11-21(17)23-12-6-9-19-10-7-13-24(25(19)23)22-15-14-20(26-3)16-18(22)2/h4-16H,1-3H3. The number of fused-ring (bicyclic) bond motifs is 1. The topological polar surface area (TPSA) is 9.23 Å². The molecule has 0 unspecified atom stereocenters. The molecule has 0 aliphatic rings. The molecule has 0 saturated heterocycles. The maximum Gasteiger partial charge on any atom is 0.119 e. The SMILES string of the molecule is COc1ccc(-c2cccc3cccc(-c4ccccc4C)c23)c(C)c1. The molecule has 0 amide bonds. The quantitative estimate of drug-likeness (QED) is 0.399. The predicted molar refractivity (Wildman–Crippen MR) is 111 cm³/mol. The van der Waals surface area contributed by atoms with E-state index in [9.17, 15) is 0 Å². The summed E-state index contributed by atoms with van der Waals surface area (Å²) >= 11 is 0. The van der Waals surface area contributed by atoms with Crippen LogP contribution in [0.4, 0.5) is 0 Å². The molecule has 0 N–H and O–H groups in total. The summed E-state index contributed by atoms with van der Waals surface area (Å²) in [5, 5.41) is 2.57. The van der Waals surface area contributed by atoms with Crippen LogP contribution in [-0.2, 0) is 0 Å². The Bertz CT molecular complexity index is 1090. The fourth-order valence-corrected chi connectivity index (χ4v) is 3.73. The summed E-state index contributed by atoms with van der Waals surface area (Å²) in [6.07, 6.45) is 0. The molecule has 0 radical (unpaired) electrons. The van der Waals surface area contributed by atoms with Crippen molar-refractivity contribution in [2.45, 2.75) is 13.8 Å². The fraction of sp³-hybridized carbons (Fsp3) is 0.120. The molecule has 0 aromatic heterocycles. The van der Waals surface area contributed by atoms with Crippen molar-refractivity contribution in [3.63, 3.8) is 0 Å². The van der Waals surface area contributed by atoms with Crippen molar-refractivity contribution in [3.05, 3.63) is 90.0 Å². The number of hydrogen-bond acceptors (Lipinski definition) is 1. The van der Waals surface area contributed by atoms with Gasteiger partial charge in [-0.15, -0.1) is 0 Å². The Morgan fingerprint density at radius 1 is 0.577 bits per heavy atom. The minimum absolute atomic E-state index is 0.894. The third-order valence-corrected chi connectivity index (χ3v) is 5.06. The van der Waals surface area contributed by atoms with Crippen molar-refractivity contribution < 1.29 is 4.74 Å². The van der Waals surface area contributed by atoms with Gasteiger partial charge in [-0.3, -0.25) is 0 Å². The van der Waals surface area contributed by atoms with E-state index in [4.69, 9.17) is 4.74 Å². The van der Waals surface area contributed by atoms with Gasteiger partial charge in [0.15, 0.2) is 0 Å². The lowest BCUT2D eigenvalue weighted by Crippen LogP contribution is -1.91. The van der Waals surface area contributed by atoms with Crippen LogP contribution in [0.15, 0.2) is 78.9 Å². The number of rotatable bonds is 3.